The quantitative estimate of drug-likeness (QED) is 0.141. The highest BCUT2D eigenvalue weighted by Gasteiger charge is 2.36. The van der Waals surface area contributed by atoms with Crippen molar-refractivity contribution in [1.29, 1.82) is 0 Å². The second kappa shape index (κ2) is 14.7. The minimum Gasteiger partial charge on any atom is -0.457 e. The largest absolute Gasteiger partial charge is 0.457 e. The van der Waals surface area contributed by atoms with Crippen molar-refractivity contribution in [3.05, 3.63) is 131 Å². The van der Waals surface area contributed by atoms with Crippen LogP contribution in [0.5, 0.6) is 0 Å². The van der Waals surface area contributed by atoms with Crippen molar-refractivity contribution in [2.45, 2.75) is 45.9 Å². The van der Waals surface area contributed by atoms with Crippen molar-refractivity contribution in [1.82, 2.24) is 0 Å². The van der Waals surface area contributed by atoms with Crippen molar-refractivity contribution in [3.8, 4) is 0 Å². The smallest absolute Gasteiger partial charge is 0.342 e. The van der Waals surface area contributed by atoms with Crippen molar-refractivity contribution >= 4 is 17.7 Å². The van der Waals surface area contributed by atoms with Crippen LogP contribution in [-0.2, 0) is 43.6 Å². The zero-order valence-corrected chi connectivity index (χ0v) is 23.0. The van der Waals surface area contributed by atoms with E-state index in [1.165, 1.54) is 13.0 Å². The van der Waals surface area contributed by atoms with E-state index in [1.54, 1.807) is 6.92 Å². The number of rotatable bonds is 14. The van der Waals surface area contributed by atoms with Crippen molar-refractivity contribution in [3.63, 3.8) is 0 Å². The second-order valence-corrected chi connectivity index (χ2v) is 9.37. The van der Waals surface area contributed by atoms with Gasteiger partial charge in [-0.2, -0.15) is 0 Å². The minimum absolute atomic E-state index is 0.0688. The standard InChI is InChI=1S/C33H32O8/c1-23-28(33(36)39-21-27-16-10-5-11-17-27)18-29(40-23)31(35)32(38-20-26-14-8-4-9-15-26)30(41-24(2)34)22-37-19-25-12-6-3-7-13-25/h3-18,30,32H,19-22H2,1-2H3/t30-,32-/m1/s1. The summed E-state index contributed by atoms with van der Waals surface area (Å²) in [4.78, 5) is 38.6. The molecule has 0 bridgehead atoms. The van der Waals surface area contributed by atoms with Gasteiger partial charge in [0.2, 0.25) is 5.78 Å². The maximum absolute atomic E-state index is 13.8. The average molecular weight is 557 g/mol. The number of carbonyl (C=O) groups excluding carboxylic acids is 3. The summed E-state index contributed by atoms with van der Waals surface area (Å²) in [6.07, 6.45) is -2.35. The van der Waals surface area contributed by atoms with Crippen LogP contribution in [0.25, 0.3) is 0 Å². The maximum atomic E-state index is 13.8. The van der Waals surface area contributed by atoms with E-state index < -0.39 is 29.9 Å². The molecule has 212 valence electrons. The SMILES string of the molecule is CC(=O)O[C@H](COCc1ccccc1)[C@@H](OCc1ccccc1)C(=O)c1cc(C(=O)OCc2ccccc2)c(C)o1. The molecule has 0 saturated heterocycles. The fourth-order valence-electron chi connectivity index (χ4n) is 4.12. The molecule has 1 heterocycles. The van der Waals surface area contributed by atoms with Crippen LogP contribution in [0.2, 0.25) is 0 Å². The first-order valence-electron chi connectivity index (χ1n) is 13.2. The molecule has 0 aliphatic heterocycles. The highest BCUT2D eigenvalue weighted by atomic mass is 16.6. The first-order valence-corrected chi connectivity index (χ1v) is 13.2. The van der Waals surface area contributed by atoms with E-state index in [2.05, 4.69) is 0 Å². The number of hydrogen-bond acceptors (Lipinski definition) is 8. The Balaban J connectivity index is 1.53. The Morgan fingerprint density at radius 3 is 1.85 bits per heavy atom. The summed E-state index contributed by atoms with van der Waals surface area (Å²) in [6.45, 7) is 3.10. The summed E-state index contributed by atoms with van der Waals surface area (Å²) < 4.78 is 28.5. The predicted molar refractivity (Wildman–Crippen MR) is 150 cm³/mol. The van der Waals surface area contributed by atoms with Crippen LogP contribution in [0.1, 0.15) is 50.3 Å². The molecule has 4 aromatic rings. The molecule has 0 aliphatic rings. The summed E-state index contributed by atoms with van der Waals surface area (Å²) in [5, 5.41) is 0. The van der Waals surface area contributed by atoms with Gasteiger partial charge in [-0.25, -0.2) is 4.79 Å². The molecule has 3 aromatic carbocycles. The molecule has 0 aliphatic carbocycles. The molecule has 0 radical (unpaired) electrons. The summed E-state index contributed by atoms with van der Waals surface area (Å²) in [7, 11) is 0. The number of benzene rings is 3. The Kier molecular flexibility index (Phi) is 10.6. The average Bonchev–Trinajstić information content (AvgIpc) is 3.38. The molecule has 0 saturated carbocycles. The van der Waals surface area contributed by atoms with E-state index in [-0.39, 0.29) is 43.5 Å². The number of Topliss-reactive ketones (excluding diaryl/α,β-unsaturated/α-hetero) is 1. The molecule has 8 heteroatoms. The Hall–Kier alpha value is -4.53. The van der Waals surface area contributed by atoms with Crippen LogP contribution in [0.15, 0.2) is 101 Å². The van der Waals surface area contributed by atoms with E-state index in [0.717, 1.165) is 16.7 Å². The fraction of sp³-hybridized carbons (Fsp3) is 0.242. The van der Waals surface area contributed by atoms with Crippen LogP contribution in [0.4, 0.5) is 0 Å². The number of esters is 2. The monoisotopic (exact) mass is 556 g/mol. The lowest BCUT2D eigenvalue weighted by Gasteiger charge is -2.25. The summed E-state index contributed by atoms with van der Waals surface area (Å²) in [5.74, 6) is -1.72. The minimum atomic E-state index is -1.27. The van der Waals surface area contributed by atoms with Gasteiger partial charge in [0, 0.05) is 13.0 Å². The van der Waals surface area contributed by atoms with Crippen LogP contribution in [0.3, 0.4) is 0 Å². The molecule has 0 spiro atoms. The third kappa shape index (κ3) is 8.73. The number of ether oxygens (including phenoxy) is 4. The maximum Gasteiger partial charge on any atom is 0.342 e. The Morgan fingerprint density at radius 1 is 0.756 bits per heavy atom. The van der Waals surface area contributed by atoms with Crippen LogP contribution in [-0.4, -0.2) is 36.5 Å². The topological polar surface area (TPSA) is 101 Å². The van der Waals surface area contributed by atoms with Gasteiger partial charge in [0.05, 0.1) is 19.8 Å². The van der Waals surface area contributed by atoms with Gasteiger partial charge in [0.15, 0.2) is 18.0 Å². The first kappa shape index (κ1) is 29.5. The molecule has 41 heavy (non-hydrogen) atoms. The Morgan fingerprint density at radius 2 is 1.29 bits per heavy atom. The van der Waals surface area contributed by atoms with Crippen molar-refractivity contribution in [2.75, 3.05) is 6.61 Å². The van der Waals surface area contributed by atoms with E-state index >= 15 is 0 Å². The van der Waals surface area contributed by atoms with Gasteiger partial charge in [-0.15, -0.1) is 0 Å². The molecule has 0 amide bonds. The zero-order valence-electron chi connectivity index (χ0n) is 23.0. The molecule has 0 fully saturated rings. The zero-order chi connectivity index (χ0) is 29.0. The van der Waals surface area contributed by atoms with Gasteiger partial charge in [-0.05, 0) is 23.6 Å². The number of ketones is 1. The van der Waals surface area contributed by atoms with Crippen LogP contribution in [0, 0.1) is 6.92 Å². The number of hydrogen-bond donors (Lipinski definition) is 0. The van der Waals surface area contributed by atoms with Gasteiger partial charge in [0.1, 0.15) is 17.9 Å². The Bertz CT molecular complexity index is 1410. The van der Waals surface area contributed by atoms with Gasteiger partial charge in [-0.1, -0.05) is 91.0 Å². The van der Waals surface area contributed by atoms with Crippen LogP contribution >= 0.6 is 0 Å². The van der Waals surface area contributed by atoms with E-state index in [1.807, 2.05) is 91.0 Å². The van der Waals surface area contributed by atoms with Crippen LogP contribution < -0.4 is 0 Å². The molecule has 1 aromatic heterocycles. The molecule has 0 unspecified atom stereocenters. The number of aryl methyl sites for hydroxylation is 1. The number of carbonyl (C=O) groups is 3. The van der Waals surface area contributed by atoms with Gasteiger partial charge in [-0.3, -0.25) is 9.59 Å². The Labute approximate surface area is 238 Å². The number of furan rings is 1. The normalized spacial score (nSPS) is 12.3. The summed E-state index contributed by atoms with van der Waals surface area (Å²) >= 11 is 0. The van der Waals surface area contributed by atoms with Gasteiger partial charge in [0.25, 0.3) is 0 Å². The molecule has 2 atom stereocenters. The molecule has 0 N–H and O–H groups in total. The molecular weight excluding hydrogens is 524 g/mol. The van der Waals surface area contributed by atoms with Crippen molar-refractivity contribution in [2.24, 2.45) is 0 Å². The fourth-order valence-corrected chi connectivity index (χ4v) is 4.12. The summed E-state index contributed by atoms with van der Waals surface area (Å²) in [5.41, 5.74) is 2.68. The van der Waals surface area contributed by atoms with E-state index in [4.69, 9.17) is 23.4 Å². The lowest BCUT2D eigenvalue weighted by Crippen LogP contribution is -2.42. The van der Waals surface area contributed by atoms with E-state index in [0.29, 0.717) is 0 Å². The first-order chi connectivity index (χ1) is 19.9. The molecule has 4 rings (SSSR count). The molecular formula is C33H32O8. The third-order valence-corrected chi connectivity index (χ3v) is 6.17. The second-order valence-electron chi connectivity index (χ2n) is 9.37. The lowest BCUT2D eigenvalue weighted by atomic mass is 10.1. The van der Waals surface area contributed by atoms with Gasteiger partial charge < -0.3 is 23.4 Å². The van der Waals surface area contributed by atoms with Gasteiger partial charge >= 0.3 is 11.9 Å². The highest BCUT2D eigenvalue weighted by molar-refractivity contribution is 6.00. The highest BCUT2D eigenvalue weighted by Crippen LogP contribution is 2.22. The third-order valence-electron chi connectivity index (χ3n) is 6.17. The van der Waals surface area contributed by atoms with E-state index in [9.17, 15) is 14.4 Å². The summed E-state index contributed by atoms with van der Waals surface area (Å²) in [6, 6.07) is 29.3. The lowest BCUT2D eigenvalue weighted by molar-refractivity contribution is -0.158. The van der Waals surface area contributed by atoms with Crippen molar-refractivity contribution < 1.29 is 37.7 Å². The molecule has 8 nitrogen and oxygen atoms in total. The predicted octanol–water partition coefficient (Wildman–Crippen LogP) is 5.86.